The van der Waals surface area contributed by atoms with Gasteiger partial charge in [-0.05, 0) is 104 Å². The highest BCUT2D eigenvalue weighted by atomic mass is 16.5. The number of rotatable bonds is 7. The lowest BCUT2D eigenvalue weighted by Gasteiger charge is -2.45. The summed E-state index contributed by atoms with van der Waals surface area (Å²) in [6.07, 6.45) is 6.43. The van der Waals surface area contributed by atoms with Crippen molar-refractivity contribution in [2.24, 2.45) is 0 Å². The van der Waals surface area contributed by atoms with Gasteiger partial charge in [0.2, 0.25) is 5.72 Å². The first-order valence-corrected chi connectivity index (χ1v) is 14.2. The van der Waals surface area contributed by atoms with Gasteiger partial charge in [0.05, 0.1) is 17.6 Å². The second-order valence-electron chi connectivity index (χ2n) is 11.2. The first-order chi connectivity index (χ1) is 19.8. The Labute approximate surface area is 242 Å². The van der Waals surface area contributed by atoms with E-state index in [9.17, 15) is 4.79 Å². The SMILES string of the molecule is CCCCOc1ccc(C(=O)Oc2ccc(-c3ccc4c(c3)C=CC3(O4)N(C)c4ccccc4C3(C)C)cc2)cc1. The standard InChI is InChI=1S/C36H35NO4/c1-5-6-23-39-29-16-13-26(14-17-29)34(38)40-30-18-11-25(12-19-30)27-15-20-33-28(24-27)21-22-36(41-33)35(2,3)31-9-7-8-10-32(31)37(36)4/h7-22,24H,5-6,23H2,1-4H3. The van der Waals surface area contributed by atoms with Gasteiger partial charge >= 0.3 is 5.97 Å². The third-order valence-corrected chi connectivity index (χ3v) is 8.35. The molecule has 0 radical (unpaired) electrons. The third-order valence-electron chi connectivity index (χ3n) is 8.35. The fourth-order valence-electron chi connectivity index (χ4n) is 5.86. The Hall–Kier alpha value is -4.51. The molecule has 1 unspecified atom stereocenters. The van der Waals surface area contributed by atoms with Crippen LogP contribution in [0.15, 0.2) is 97.1 Å². The molecule has 4 aromatic rings. The van der Waals surface area contributed by atoms with E-state index >= 15 is 0 Å². The maximum atomic E-state index is 12.7. The number of unbranched alkanes of at least 4 members (excludes halogenated alkanes) is 1. The summed E-state index contributed by atoms with van der Waals surface area (Å²) in [5.74, 6) is 1.71. The summed E-state index contributed by atoms with van der Waals surface area (Å²) in [7, 11) is 2.10. The van der Waals surface area contributed by atoms with Gasteiger partial charge in [0.1, 0.15) is 17.2 Å². The van der Waals surface area contributed by atoms with Crippen LogP contribution in [0.3, 0.4) is 0 Å². The van der Waals surface area contributed by atoms with Crippen LogP contribution in [0.25, 0.3) is 17.2 Å². The van der Waals surface area contributed by atoms with Crippen molar-refractivity contribution in [3.05, 3.63) is 114 Å². The largest absolute Gasteiger partial charge is 0.494 e. The summed E-state index contributed by atoms with van der Waals surface area (Å²) in [6, 6.07) is 29.4. The van der Waals surface area contributed by atoms with Crippen molar-refractivity contribution in [3.63, 3.8) is 0 Å². The molecule has 1 spiro atoms. The van der Waals surface area contributed by atoms with Crippen molar-refractivity contribution in [1.82, 2.24) is 0 Å². The number of benzene rings is 4. The second kappa shape index (κ2) is 10.5. The zero-order valence-corrected chi connectivity index (χ0v) is 24.0. The number of likely N-dealkylation sites (N-methyl/N-ethyl adjacent to an activating group) is 1. The molecule has 0 aromatic heterocycles. The molecular formula is C36H35NO4. The first kappa shape index (κ1) is 26.7. The van der Waals surface area contributed by atoms with Gasteiger partial charge in [-0.1, -0.05) is 49.7 Å². The number of carbonyl (C=O) groups excluding carboxylic acids is 1. The summed E-state index contributed by atoms with van der Waals surface area (Å²) in [6.45, 7) is 7.28. The van der Waals surface area contributed by atoms with Crippen LogP contribution in [0.5, 0.6) is 17.2 Å². The fraction of sp³-hybridized carbons (Fsp3) is 0.250. The Morgan fingerprint density at radius 1 is 0.878 bits per heavy atom. The van der Waals surface area contributed by atoms with Crippen LogP contribution in [-0.2, 0) is 5.41 Å². The minimum Gasteiger partial charge on any atom is -0.494 e. The van der Waals surface area contributed by atoms with Crippen LogP contribution in [0.2, 0.25) is 0 Å². The minimum atomic E-state index is -0.598. The van der Waals surface area contributed by atoms with Crippen LogP contribution in [0, 0.1) is 0 Å². The van der Waals surface area contributed by atoms with Crippen LogP contribution in [0.1, 0.15) is 55.1 Å². The summed E-state index contributed by atoms with van der Waals surface area (Å²) in [4.78, 5) is 14.9. The number of ether oxygens (including phenoxy) is 3. The predicted octanol–water partition coefficient (Wildman–Crippen LogP) is 8.28. The molecule has 4 aromatic carbocycles. The summed E-state index contributed by atoms with van der Waals surface area (Å²) < 4.78 is 18.1. The molecule has 0 fully saturated rings. The monoisotopic (exact) mass is 545 g/mol. The highest BCUT2D eigenvalue weighted by molar-refractivity contribution is 5.91. The molecule has 0 bridgehead atoms. The summed E-state index contributed by atoms with van der Waals surface area (Å²) in [5.41, 5.74) is 5.24. The average Bonchev–Trinajstić information content (AvgIpc) is 3.15. The van der Waals surface area contributed by atoms with Crippen molar-refractivity contribution in [2.45, 2.75) is 44.8 Å². The Kier molecular flexibility index (Phi) is 6.82. The number of esters is 1. The highest BCUT2D eigenvalue weighted by Gasteiger charge is 2.57. The van der Waals surface area contributed by atoms with E-state index in [-0.39, 0.29) is 5.41 Å². The maximum absolute atomic E-state index is 12.7. The Balaban J connectivity index is 1.15. The Morgan fingerprint density at radius 2 is 1.59 bits per heavy atom. The number of hydrogen-bond acceptors (Lipinski definition) is 5. The number of hydrogen-bond donors (Lipinski definition) is 0. The van der Waals surface area contributed by atoms with Gasteiger partial charge in [-0.3, -0.25) is 0 Å². The number of nitrogens with zero attached hydrogens (tertiary/aromatic N) is 1. The van der Waals surface area contributed by atoms with E-state index in [1.54, 1.807) is 24.3 Å². The van der Waals surface area contributed by atoms with Gasteiger partial charge in [0.15, 0.2) is 0 Å². The van der Waals surface area contributed by atoms with Gasteiger partial charge in [0.25, 0.3) is 0 Å². The highest BCUT2D eigenvalue weighted by Crippen LogP contribution is 2.54. The van der Waals surface area contributed by atoms with Crippen LogP contribution < -0.4 is 19.1 Å². The van der Waals surface area contributed by atoms with Gasteiger partial charge in [-0.25, -0.2) is 4.79 Å². The Morgan fingerprint density at radius 3 is 2.32 bits per heavy atom. The molecule has 1 atom stereocenters. The first-order valence-electron chi connectivity index (χ1n) is 14.2. The molecule has 41 heavy (non-hydrogen) atoms. The molecule has 2 aliphatic heterocycles. The van der Waals surface area contributed by atoms with Gasteiger partial charge in [-0.15, -0.1) is 0 Å². The molecule has 0 N–H and O–H groups in total. The van der Waals surface area contributed by atoms with Crippen LogP contribution >= 0.6 is 0 Å². The van der Waals surface area contributed by atoms with Crippen molar-refractivity contribution < 1.29 is 19.0 Å². The smallest absolute Gasteiger partial charge is 0.343 e. The predicted molar refractivity (Wildman–Crippen MR) is 164 cm³/mol. The quantitative estimate of drug-likeness (QED) is 0.133. The number of anilines is 1. The zero-order chi connectivity index (χ0) is 28.6. The van der Waals surface area contributed by atoms with Gasteiger partial charge in [0, 0.05) is 18.3 Å². The zero-order valence-electron chi connectivity index (χ0n) is 24.0. The van der Waals surface area contributed by atoms with Crippen LogP contribution in [0.4, 0.5) is 5.69 Å². The van der Waals surface area contributed by atoms with Crippen molar-refractivity contribution in [2.75, 3.05) is 18.6 Å². The van der Waals surface area contributed by atoms with E-state index in [0.717, 1.165) is 41.0 Å². The van der Waals surface area contributed by atoms with Crippen molar-refractivity contribution in [1.29, 1.82) is 0 Å². The average molecular weight is 546 g/mol. The van der Waals surface area contributed by atoms with E-state index in [1.807, 2.05) is 30.3 Å². The van der Waals surface area contributed by atoms with Crippen LogP contribution in [-0.4, -0.2) is 25.3 Å². The summed E-state index contributed by atoms with van der Waals surface area (Å²) in [5, 5.41) is 0. The topological polar surface area (TPSA) is 48.0 Å². The molecule has 0 amide bonds. The fourth-order valence-corrected chi connectivity index (χ4v) is 5.86. The van der Waals surface area contributed by atoms with Crippen molar-refractivity contribution >= 4 is 17.7 Å². The molecule has 2 aliphatic rings. The Bertz CT molecular complexity index is 1600. The molecule has 5 nitrogen and oxygen atoms in total. The summed E-state index contributed by atoms with van der Waals surface area (Å²) >= 11 is 0. The van der Waals surface area contributed by atoms with E-state index in [0.29, 0.717) is 17.9 Å². The molecule has 0 aliphatic carbocycles. The molecule has 6 rings (SSSR count). The number of carbonyl (C=O) groups is 1. The molecule has 2 heterocycles. The van der Waals surface area contributed by atoms with Gasteiger partial charge < -0.3 is 19.1 Å². The van der Waals surface area contributed by atoms with E-state index < -0.39 is 11.7 Å². The lowest BCUT2D eigenvalue weighted by atomic mass is 9.76. The lowest BCUT2D eigenvalue weighted by molar-refractivity contribution is 0.0582. The number of para-hydroxylation sites is 1. The normalized spacial score (nSPS) is 18.0. The molecule has 208 valence electrons. The van der Waals surface area contributed by atoms with Crippen molar-refractivity contribution in [3.8, 4) is 28.4 Å². The van der Waals surface area contributed by atoms with E-state index in [2.05, 4.69) is 81.3 Å². The number of fused-ring (bicyclic) bond motifs is 2. The molecule has 5 heteroatoms. The van der Waals surface area contributed by atoms with E-state index in [1.165, 1.54) is 11.3 Å². The van der Waals surface area contributed by atoms with E-state index in [4.69, 9.17) is 14.2 Å². The second-order valence-corrected chi connectivity index (χ2v) is 11.2. The molecule has 0 saturated carbocycles. The lowest BCUT2D eigenvalue weighted by Crippen LogP contribution is -2.58. The third kappa shape index (κ3) is 4.65. The minimum absolute atomic E-state index is 0.233. The molecular weight excluding hydrogens is 510 g/mol. The molecule has 0 saturated heterocycles. The maximum Gasteiger partial charge on any atom is 0.343 e. The van der Waals surface area contributed by atoms with Gasteiger partial charge in [-0.2, -0.15) is 0 Å².